The lowest BCUT2D eigenvalue weighted by molar-refractivity contribution is 0.0768. The fourth-order valence-electron chi connectivity index (χ4n) is 5.64. The second-order valence-corrected chi connectivity index (χ2v) is 15.4. The van der Waals surface area contributed by atoms with Crippen molar-refractivity contribution in [2.24, 2.45) is 21.6 Å². The van der Waals surface area contributed by atoms with Crippen LogP contribution in [0.4, 0.5) is 5.95 Å². The molecule has 0 saturated carbocycles. The number of anilines is 1. The van der Waals surface area contributed by atoms with Gasteiger partial charge in [0.2, 0.25) is 0 Å². The van der Waals surface area contributed by atoms with Crippen LogP contribution in [0.1, 0.15) is 38.3 Å². The maximum absolute atomic E-state index is 13.2. The molecule has 4 atom stereocenters. The molecule has 22 heteroatoms. The molecule has 4 heterocycles. The molecule has 0 saturated heterocycles. The number of amides is 2. The molecule has 1 spiro atoms. The Hall–Kier alpha value is -2.76. The Morgan fingerprint density at radius 1 is 1.07 bits per heavy atom. The van der Waals surface area contributed by atoms with Crippen molar-refractivity contribution in [3.8, 4) is 0 Å². The van der Waals surface area contributed by atoms with E-state index in [0.29, 0.717) is 29.5 Å². The first kappa shape index (κ1) is 34.6. The number of aliphatic imine (C=N–C) groups is 2. The molecule has 2 aliphatic rings. The van der Waals surface area contributed by atoms with Gasteiger partial charge in [-0.25, -0.2) is 9.98 Å². The molecular weight excluding hydrogens is 890 g/mol. The van der Waals surface area contributed by atoms with Gasteiger partial charge in [0.1, 0.15) is 22.8 Å². The number of aliphatic hydroxyl groups excluding tert-OH is 1. The zero-order valence-electron chi connectivity index (χ0n) is 23.4. The highest BCUT2D eigenvalue weighted by atomic mass is 79.9. The van der Waals surface area contributed by atoms with Crippen LogP contribution in [-0.4, -0.2) is 98.7 Å². The molecule has 3 aromatic heterocycles. The summed E-state index contributed by atoms with van der Waals surface area (Å²) >= 11 is 13.3. The zero-order chi connectivity index (χ0) is 33.6. The van der Waals surface area contributed by atoms with Crippen molar-refractivity contribution in [2.75, 3.05) is 31.1 Å². The van der Waals surface area contributed by atoms with Crippen LogP contribution < -0.4 is 27.4 Å². The minimum absolute atomic E-state index is 0.0264. The van der Waals surface area contributed by atoms with E-state index in [2.05, 4.69) is 105 Å². The Kier molecular flexibility index (Phi) is 10.1. The van der Waals surface area contributed by atoms with Crippen molar-refractivity contribution in [3.63, 3.8) is 0 Å². The van der Waals surface area contributed by atoms with Gasteiger partial charge in [-0.05, 0) is 82.3 Å². The van der Waals surface area contributed by atoms with Gasteiger partial charge in [0.15, 0.2) is 11.9 Å². The number of amidine groups is 1. The summed E-state index contributed by atoms with van der Waals surface area (Å²) in [5.74, 6) is -3.35. The summed E-state index contributed by atoms with van der Waals surface area (Å²) in [4.78, 5) is 48.5. The highest BCUT2D eigenvalue weighted by Crippen LogP contribution is 2.48. The molecule has 46 heavy (non-hydrogen) atoms. The van der Waals surface area contributed by atoms with E-state index in [9.17, 15) is 27.7 Å². The van der Waals surface area contributed by atoms with Crippen molar-refractivity contribution in [2.45, 2.75) is 24.0 Å². The van der Waals surface area contributed by atoms with E-state index in [0.717, 1.165) is 0 Å². The van der Waals surface area contributed by atoms with Gasteiger partial charge in [-0.15, -0.1) is 0 Å². The van der Waals surface area contributed by atoms with Crippen molar-refractivity contribution < 1.29 is 27.7 Å². The van der Waals surface area contributed by atoms with Gasteiger partial charge in [0, 0.05) is 24.7 Å². The van der Waals surface area contributed by atoms with Crippen molar-refractivity contribution in [3.05, 3.63) is 53.1 Å². The van der Waals surface area contributed by atoms with E-state index in [4.69, 9.17) is 16.5 Å². The first-order chi connectivity index (χ1) is 21.6. The third-order valence-electron chi connectivity index (χ3n) is 7.53. The Labute approximate surface area is 294 Å². The first-order valence-corrected chi connectivity index (χ1v) is 18.2. The number of nitrogen functional groups attached to an aromatic ring is 1. The number of H-pyrrole nitrogens is 3. The summed E-state index contributed by atoms with van der Waals surface area (Å²) in [7, 11) is -4.37. The summed E-state index contributed by atoms with van der Waals surface area (Å²) in [6, 6.07) is 3.15. The summed E-state index contributed by atoms with van der Waals surface area (Å²) in [6.45, 7) is -0.689. The van der Waals surface area contributed by atoms with Crippen molar-refractivity contribution in [1.82, 2.24) is 35.9 Å². The number of rotatable bonds is 10. The van der Waals surface area contributed by atoms with E-state index in [1.54, 1.807) is 12.1 Å². The molecule has 2 amide bonds. The summed E-state index contributed by atoms with van der Waals surface area (Å²) < 4.78 is 34.7. The Morgan fingerprint density at radius 2 is 1.67 bits per heavy atom. The van der Waals surface area contributed by atoms with Crippen molar-refractivity contribution >= 4 is 103 Å². The second-order valence-electron chi connectivity index (χ2n) is 10.5. The Morgan fingerprint density at radius 3 is 2.24 bits per heavy atom. The number of hydrogen-bond donors (Lipinski definition) is 10. The standard InChI is InChI=1S/C24H27Br4N11O6S/c25-9-4-12(34-17(9)27)19(41)32-6-8-3-11-16(37-22(29)36-11)15(14(40)7-33-20(42)13-5-10(26)18(28)35-13)24(8)21(38-23(30)39-24)31-1-2-46(43,44)45/h4-5,8,14-15,34-35,40H,1-3,6-7H2,(H,32,41)(H,33,42)(H3,29,36,37)(H,43,44,45)(H3,30,31,38,39). The molecule has 1 aliphatic heterocycles. The second kappa shape index (κ2) is 13.4. The Balaban J connectivity index is 1.54. The lowest BCUT2D eigenvalue weighted by atomic mass is 9.64. The third kappa shape index (κ3) is 7.06. The topological polar surface area (TPSA) is 282 Å². The Bertz CT molecular complexity index is 1820. The number of aliphatic hydroxyl groups is 1. The van der Waals surface area contributed by atoms with E-state index in [1.807, 2.05) is 0 Å². The molecule has 0 aromatic carbocycles. The van der Waals surface area contributed by atoms with E-state index in [1.165, 1.54) is 0 Å². The largest absolute Gasteiger partial charge is 0.390 e. The molecule has 0 bridgehead atoms. The summed E-state index contributed by atoms with van der Waals surface area (Å²) in [5.41, 5.74) is 12.0. The smallest absolute Gasteiger partial charge is 0.267 e. The van der Waals surface area contributed by atoms with Crippen LogP contribution in [0.2, 0.25) is 0 Å². The quantitative estimate of drug-likeness (QED) is 0.129. The predicted octanol–water partition coefficient (Wildman–Crippen LogP) is 1.12. The average molecular weight is 917 g/mol. The average Bonchev–Trinajstić information content (AvgIpc) is 3.70. The van der Waals surface area contributed by atoms with Gasteiger partial charge in [0.05, 0.1) is 48.2 Å². The highest BCUT2D eigenvalue weighted by molar-refractivity contribution is 9.13. The minimum Gasteiger partial charge on any atom is -0.390 e. The van der Waals surface area contributed by atoms with Crippen LogP contribution in [0, 0.1) is 5.92 Å². The number of carbonyl (C=O) groups is 2. The fraction of sp³-hybridized carbons (Fsp3) is 0.375. The van der Waals surface area contributed by atoms with Gasteiger partial charge >= 0.3 is 0 Å². The van der Waals surface area contributed by atoms with E-state index in [-0.39, 0.29) is 55.2 Å². The molecule has 0 fully saturated rings. The summed E-state index contributed by atoms with van der Waals surface area (Å²) in [6.07, 6.45) is -1.18. The number of imidazole rings is 1. The van der Waals surface area contributed by atoms with Crippen LogP contribution in [0.3, 0.4) is 0 Å². The number of guanidine groups is 1. The van der Waals surface area contributed by atoms with E-state index < -0.39 is 51.2 Å². The number of carbonyl (C=O) groups excluding carboxylic acids is 2. The normalized spacial score (nSPS) is 22.4. The minimum atomic E-state index is -4.37. The zero-order valence-corrected chi connectivity index (χ0v) is 30.5. The number of nitrogens with one attached hydrogen (secondary N) is 6. The van der Waals surface area contributed by atoms with Gasteiger partial charge in [-0.2, -0.15) is 8.42 Å². The maximum Gasteiger partial charge on any atom is 0.267 e. The SMILES string of the molecule is NC1=NC2(C(=NCCS(=O)(=O)O)N1)C(CNC(=O)c1cc(Br)c(Br)[nH]1)Cc1[nH]c(N)nc1C2C(O)CNC(=O)c1cc(Br)c(Br)[nH]1. The predicted molar refractivity (Wildman–Crippen MR) is 182 cm³/mol. The van der Waals surface area contributed by atoms with Crippen LogP contribution in [0.25, 0.3) is 0 Å². The summed E-state index contributed by atoms with van der Waals surface area (Å²) in [5, 5.41) is 20.3. The van der Waals surface area contributed by atoms with Gasteiger partial charge in [-0.3, -0.25) is 19.1 Å². The number of aromatic nitrogens is 4. The number of hydrogen-bond acceptors (Lipinski definition) is 10. The number of aromatic amines is 3. The molecular formula is C24H27Br4N11O6S. The van der Waals surface area contributed by atoms with Crippen LogP contribution in [0.15, 0.2) is 40.3 Å². The number of halogens is 4. The molecule has 5 rings (SSSR count). The molecule has 0 radical (unpaired) electrons. The third-order valence-corrected chi connectivity index (χ3v) is 11.8. The molecule has 1 aliphatic carbocycles. The molecule has 3 aromatic rings. The molecule has 248 valence electrons. The van der Waals surface area contributed by atoms with Crippen LogP contribution >= 0.6 is 63.7 Å². The lowest BCUT2D eigenvalue weighted by Gasteiger charge is -2.45. The molecule has 17 nitrogen and oxygen atoms in total. The van der Waals surface area contributed by atoms with Crippen LogP contribution in [-0.2, 0) is 16.5 Å². The lowest BCUT2D eigenvalue weighted by Crippen LogP contribution is -2.60. The first-order valence-electron chi connectivity index (χ1n) is 13.4. The number of nitrogens with two attached hydrogens (primary N) is 2. The van der Waals surface area contributed by atoms with Gasteiger partial charge in [0.25, 0.3) is 21.9 Å². The molecule has 4 unspecified atom stereocenters. The fourth-order valence-corrected chi connectivity index (χ4v) is 7.27. The van der Waals surface area contributed by atoms with E-state index >= 15 is 0 Å². The number of nitrogens with zero attached hydrogens (tertiary/aromatic N) is 3. The van der Waals surface area contributed by atoms with Crippen LogP contribution in [0.5, 0.6) is 0 Å². The van der Waals surface area contributed by atoms with Gasteiger partial charge in [-0.1, -0.05) is 0 Å². The number of fused-ring (bicyclic) bond motifs is 1. The highest BCUT2D eigenvalue weighted by Gasteiger charge is 2.60. The monoisotopic (exact) mass is 913 g/mol. The maximum atomic E-state index is 13.2. The molecule has 12 N–H and O–H groups in total. The van der Waals surface area contributed by atoms with Gasteiger partial charge < -0.3 is 47.5 Å². The van der Waals surface area contributed by atoms with Crippen molar-refractivity contribution in [1.29, 1.82) is 0 Å².